The maximum absolute atomic E-state index is 13.4. The Morgan fingerprint density at radius 3 is 2.59 bits per heavy atom. The van der Waals surface area contributed by atoms with E-state index in [1.165, 1.54) is 0 Å². The highest BCUT2D eigenvalue weighted by atomic mass is 19.3. The van der Waals surface area contributed by atoms with Crippen LogP contribution in [-0.4, -0.2) is 52.0 Å². The fraction of sp³-hybridized carbons (Fsp3) is 0.545. The van der Waals surface area contributed by atoms with Gasteiger partial charge in [0.05, 0.1) is 0 Å². The number of primary amides is 1. The third kappa shape index (κ3) is 4.18. The third-order valence-corrected chi connectivity index (χ3v) is 6.79. The van der Waals surface area contributed by atoms with Crippen molar-refractivity contribution in [3.05, 3.63) is 36.2 Å². The third-order valence-electron chi connectivity index (χ3n) is 6.79. The van der Waals surface area contributed by atoms with Crippen molar-refractivity contribution in [1.82, 2.24) is 15.0 Å². The molecule has 3 fully saturated rings. The first-order valence-corrected chi connectivity index (χ1v) is 10.9. The van der Waals surface area contributed by atoms with E-state index in [9.17, 15) is 13.6 Å². The summed E-state index contributed by atoms with van der Waals surface area (Å²) in [5, 5.41) is 3.37. The predicted molar refractivity (Wildman–Crippen MR) is 114 cm³/mol. The second kappa shape index (κ2) is 7.83. The van der Waals surface area contributed by atoms with Gasteiger partial charge in [-0.3, -0.25) is 4.79 Å². The Hall–Kier alpha value is -3.04. The van der Waals surface area contributed by atoms with Crippen LogP contribution < -0.4 is 20.7 Å². The van der Waals surface area contributed by atoms with E-state index >= 15 is 0 Å². The van der Waals surface area contributed by atoms with Gasteiger partial charge in [0.15, 0.2) is 0 Å². The molecule has 32 heavy (non-hydrogen) atoms. The Morgan fingerprint density at radius 2 is 1.88 bits per heavy atom. The highest BCUT2D eigenvalue weighted by Crippen LogP contribution is 2.57. The fourth-order valence-corrected chi connectivity index (χ4v) is 5.08. The number of hydrogen-bond acceptors (Lipinski definition) is 7. The molecule has 5 rings (SSSR count). The molecular weight excluding hydrogens is 418 g/mol. The summed E-state index contributed by atoms with van der Waals surface area (Å²) in [5.74, 6) is -1.60. The molecule has 2 aliphatic carbocycles. The number of alkyl halides is 2. The lowest BCUT2D eigenvalue weighted by molar-refractivity contribution is -0.0760. The number of carbonyl (C=O) groups excluding carboxylic acids is 1. The molecular formula is C22H26F2N6O2. The standard InChI is InChI=1S/C22H26F2N6O2/c23-22(24)4-8-30(9-5-22)17-3-7-27-20(29-17)28-14-10-21(11-14)12-15(13-21)32-19-16(18(25)31)2-1-6-26-19/h1-3,6-7,14-15H,4-5,8-13H2,(H2,25,31)(H,27,28,29). The van der Waals surface area contributed by atoms with Gasteiger partial charge in [-0.15, -0.1) is 0 Å². The van der Waals surface area contributed by atoms with Gasteiger partial charge in [0.25, 0.3) is 11.8 Å². The van der Waals surface area contributed by atoms with Crippen LogP contribution in [0.25, 0.3) is 0 Å². The van der Waals surface area contributed by atoms with E-state index in [1.54, 1.807) is 30.6 Å². The van der Waals surface area contributed by atoms with Gasteiger partial charge in [-0.25, -0.2) is 18.7 Å². The first kappa shape index (κ1) is 20.8. The first-order valence-electron chi connectivity index (χ1n) is 10.9. The van der Waals surface area contributed by atoms with Crippen LogP contribution in [0.5, 0.6) is 5.88 Å². The summed E-state index contributed by atoms with van der Waals surface area (Å²) in [6.45, 7) is 0.593. The number of halogens is 2. The molecule has 2 saturated carbocycles. The van der Waals surface area contributed by atoms with Gasteiger partial charge < -0.3 is 20.7 Å². The molecule has 2 aromatic heterocycles. The van der Waals surface area contributed by atoms with Crippen molar-refractivity contribution in [2.45, 2.75) is 56.6 Å². The molecule has 0 radical (unpaired) electrons. The van der Waals surface area contributed by atoms with E-state index in [4.69, 9.17) is 10.5 Å². The fourth-order valence-electron chi connectivity index (χ4n) is 5.08. The minimum atomic E-state index is -2.58. The van der Waals surface area contributed by atoms with Crippen molar-refractivity contribution >= 4 is 17.7 Å². The van der Waals surface area contributed by atoms with Crippen molar-refractivity contribution in [2.75, 3.05) is 23.3 Å². The molecule has 0 bridgehead atoms. The van der Waals surface area contributed by atoms with Crippen LogP contribution in [0, 0.1) is 5.41 Å². The number of carbonyl (C=O) groups is 1. The van der Waals surface area contributed by atoms with Crippen molar-refractivity contribution in [2.24, 2.45) is 11.1 Å². The van der Waals surface area contributed by atoms with Crippen molar-refractivity contribution in [3.63, 3.8) is 0 Å². The lowest BCUT2D eigenvalue weighted by atomic mass is 9.53. The minimum absolute atomic E-state index is 0.0285. The van der Waals surface area contributed by atoms with Crippen molar-refractivity contribution < 1.29 is 18.3 Å². The molecule has 3 heterocycles. The van der Waals surface area contributed by atoms with Gasteiger partial charge in [-0.1, -0.05) is 0 Å². The second-order valence-corrected chi connectivity index (χ2v) is 9.20. The molecule has 3 N–H and O–H groups in total. The molecule has 1 saturated heterocycles. The van der Waals surface area contributed by atoms with Gasteiger partial charge in [-0.05, 0) is 49.3 Å². The Morgan fingerprint density at radius 1 is 1.12 bits per heavy atom. The molecule has 1 aliphatic heterocycles. The predicted octanol–water partition coefficient (Wildman–Crippen LogP) is 3.01. The van der Waals surface area contributed by atoms with Gasteiger partial charge in [0.2, 0.25) is 11.8 Å². The Labute approximate surface area is 184 Å². The molecule has 0 aromatic carbocycles. The summed E-state index contributed by atoms with van der Waals surface area (Å²) in [4.78, 5) is 26.4. The number of hydrogen-bond donors (Lipinski definition) is 2. The number of nitrogens with one attached hydrogen (secondary N) is 1. The lowest BCUT2D eigenvalue weighted by Crippen LogP contribution is -2.56. The molecule has 1 amide bonds. The molecule has 0 atom stereocenters. The summed E-state index contributed by atoms with van der Waals surface area (Å²) in [6.07, 6.45) is 6.78. The molecule has 10 heteroatoms. The van der Waals surface area contributed by atoms with Crippen LogP contribution in [0.3, 0.4) is 0 Å². The maximum atomic E-state index is 13.4. The lowest BCUT2D eigenvalue weighted by Gasteiger charge is -2.57. The van der Waals surface area contributed by atoms with Crippen LogP contribution in [-0.2, 0) is 0 Å². The van der Waals surface area contributed by atoms with E-state index in [0.717, 1.165) is 25.7 Å². The zero-order chi connectivity index (χ0) is 22.3. The van der Waals surface area contributed by atoms with Crippen LogP contribution >= 0.6 is 0 Å². The molecule has 8 nitrogen and oxygen atoms in total. The van der Waals surface area contributed by atoms with E-state index in [2.05, 4.69) is 20.3 Å². The van der Waals surface area contributed by atoms with Gasteiger partial charge in [0, 0.05) is 44.4 Å². The number of ether oxygens (including phenoxy) is 1. The molecule has 2 aromatic rings. The number of amides is 1. The van der Waals surface area contributed by atoms with E-state index in [0.29, 0.717) is 36.3 Å². The van der Waals surface area contributed by atoms with Crippen molar-refractivity contribution in [1.29, 1.82) is 0 Å². The molecule has 3 aliphatic rings. The quantitative estimate of drug-likeness (QED) is 0.705. The number of piperidine rings is 1. The Bertz CT molecular complexity index is 995. The number of nitrogens with zero attached hydrogens (tertiary/aromatic N) is 4. The van der Waals surface area contributed by atoms with Crippen LogP contribution in [0.2, 0.25) is 0 Å². The number of aromatic nitrogens is 3. The van der Waals surface area contributed by atoms with Gasteiger partial charge in [0.1, 0.15) is 17.5 Å². The number of nitrogens with two attached hydrogens (primary N) is 1. The maximum Gasteiger partial charge on any atom is 0.254 e. The first-order chi connectivity index (χ1) is 15.3. The van der Waals surface area contributed by atoms with E-state index in [-0.39, 0.29) is 30.4 Å². The average molecular weight is 444 g/mol. The monoisotopic (exact) mass is 444 g/mol. The van der Waals surface area contributed by atoms with E-state index in [1.807, 2.05) is 4.90 Å². The Balaban J connectivity index is 1.11. The highest BCUT2D eigenvalue weighted by Gasteiger charge is 2.54. The van der Waals surface area contributed by atoms with Crippen LogP contribution in [0.15, 0.2) is 30.6 Å². The van der Waals surface area contributed by atoms with Crippen LogP contribution in [0.4, 0.5) is 20.5 Å². The van der Waals surface area contributed by atoms with Gasteiger partial charge in [-0.2, -0.15) is 4.98 Å². The summed E-state index contributed by atoms with van der Waals surface area (Å²) >= 11 is 0. The number of anilines is 2. The molecule has 0 unspecified atom stereocenters. The topological polar surface area (TPSA) is 106 Å². The normalized spacial score (nSPS) is 28.5. The number of pyridine rings is 1. The Kier molecular flexibility index (Phi) is 5.10. The zero-order valence-corrected chi connectivity index (χ0v) is 17.6. The minimum Gasteiger partial charge on any atom is -0.474 e. The molecule has 1 spiro atoms. The smallest absolute Gasteiger partial charge is 0.254 e. The average Bonchev–Trinajstić information content (AvgIpc) is 2.71. The molecule has 170 valence electrons. The summed E-state index contributed by atoms with van der Waals surface area (Å²) < 4.78 is 32.7. The van der Waals surface area contributed by atoms with Crippen molar-refractivity contribution in [3.8, 4) is 5.88 Å². The largest absolute Gasteiger partial charge is 0.474 e. The van der Waals surface area contributed by atoms with Gasteiger partial charge >= 0.3 is 0 Å². The van der Waals surface area contributed by atoms with E-state index < -0.39 is 11.8 Å². The SMILES string of the molecule is NC(=O)c1cccnc1OC1CC2(CC(Nc3nccc(N4CCC(F)(F)CC4)n3)C2)C1. The summed E-state index contributed by atoms with van der Waals surface area (Å²) in [7, 11) is 0. The van der Waals surface area contributed by atoms with Crippen LogP contribution in [0.1, 0.15) is 48.9 Å². The zero-order valence-electron chi connectivity index (χ0n) is 17.6. The second-order valence-electron chi connectivity index (χ2n) is 9.20. The number of rotatable bonds is 6. The summed E-state index contributed by atoms with van der Waals surface area (Å²) in [6, 6.07) is 5.32. The summed E-state index contributed by atoms with van der Waals surface area (Å²) in [5.41, 5.74) is 5.92. The highest BCUT2D eigenvalue weighted by molar-refractivity contribution is 5.94.